The fraction of sp³-hybridized carbons (Fsp3) is 0.211. The molecule has 0 fully saturated rings. The van der Waals surface area contributed by atoms with Gasteiger partial charge in [-0.1, -0.05) is 11.6 Å². The maximum Gasteiger partial charge on any atom is 0.312 e. The first-order chi connectivity index (χ1) is 11.9. The highest BCUT2D eigenvalue weighted by Gasteiger charge is 2.35. The van der Waals surface area contributed by atoms with E-state index in [0.29, 0.717) is 16.7 Å². The Morgan fingerprint density at radius 1 is 1.08 bits per heavy atom. The second-order valence-electron chi connectivity index (χ2n) is 6.17. The van der Waals surface area contributed by atoms with Gasteiger partial charge in [0.2, 0.25) is 11.2 Å². The van der Waals surface area contributed by atoms with Gasteiger partial charge in [0.05, 0.1) is 24.0 Å². The van der Waals surface area contributed by atoms with Gasteiger partial charge in [-0.25, -0.2) is 0 Å². The molecule has 1 unspecified atom stereocenters. The highest BCUT2D eigenvalue weighted by atomic mass is 16.5. The minimum atomic E-state index is -0.718. The van der Waals surface area contributed by atoms with E-state index in [9.17, 15) is 14.4 Å². The molecular formula is C19H14O6. The summed E-state index contributed by atoms with van der Waals surface area (Å²) >= 11 is 0. The number of carbonyl (C=O) groups excluding carboxylic acids is 1. The molecule has 3 heterocycles. The summed E-state index contributed by atoms with van der Waals surface area (Å²) in [4.78, 5) is 37.0. The number of hydrogen-bond acceptors (Lipinski definition) is 6. The number of hydrogen-bond donors (Lipinski definition) is 0. The molecule has 6 nitrogen and oxygen atoms in total. The molecule has 3 aromatic rings. The zero-order chi connectivity index (χ0) is 17.7. The lowest BCUT2D eigenvalue weighted by molar-refractivity contribution is -0.136. The molecular weight excluding hydrogens is 324 g/mol. The molecule has 0 amide bonds. The Morgan fingerprint density at radius 3 is 2.68 bits per heavy atom. The van der Waals surface area contributed by atoms with E-state index in [4.69, 9.17) is 13.6 Å². The predicted molar refractivity (Wildman–Crippen MR) is 89.0 cm³/mol. The second kappa shape index (κ2) is 5.44. The maximum absolute atomic E-state index is 12.9. The van der Waals surface area contributed by atoms with Crippen LogP contribution in [0.4, 0.5) is 0 Å². The number of esters is 1. The van der Waals surface area contributed by atoms with E-state index in [0.717, 1.165) is 5.56 Å². The maximum atomic E-state index is 12.9. The summed E-state index contributed by atoms with van der Waals surface area (Å²) in [6.45, 7) is 3.50. The molecule has 1 aliphatic heterocycles. The van der Waals surface area contributed by atoms with Crippen molar-refractivity contribution in [3.8, 4) is 5.75 Å². The van der Waals surface area contributed by atoms with E-state index in [1.54, 1.807) is 19.1 Å². The summed E-state index contributed by atoms with van der Waals surface area (Å²) in [5.41, 5.74) is 0.953. The molecule has 0 saturated heterocycles. The number of carbonyl (C=O) groups is 1. The van der Waals surface area contributed by atoms with Gasteiger partial charge in [-0.15, -0.1) is 0 Å². The van der Waals surface area contributed by atoms with Crippen molar-refractivity contribution in [2.75, 3.05) is 0 Å². The fourth-order valence-electron chi connectivity index (χ4n) is 3.12. The topological polar surface area (TPSA) is 86.7 Å². The molecule has 1 atom stereocenters. The minimum Gasteiger partial charge on any atom is -0.464 e. The average molecular weight is 338 g/mol. The third-order valence-corrected chi connectivity index (χ3v) is 4.29. The Morgan fingerprint density at radius 2 is 1.88 bits per heavy atom. The van der Waals surface area contributed by atoms with Crippen molar-refractivity contribution < 1.29 is 18.4 Å². The largest absolute Gasteiger partial charge is 0.464 e. The highest BCUT2D eigenvalue weighted by Crippen LogP contribution is 2.36. The summed E-state index contributed by atoms with van der Waals surface area (Å²) in [6, 6.07) is 6.56. The molecule has 0 radical (unpaired) electrons. The van der Waals surface area contributed by atoms with Crippen LogP contribution in [0, 0.1) is 13.8 Å². The van der Waals surface area contributed by atoms with E-state index in [1.807, 2.05) is 13.0 Å². The first-order valence-electron chi connectivity index (χ1n) is 7.81. The Balaban J connectivity index is 1.99. The fourth-order valence-corrected chi connectivity index (χ4v) is 3.12. The van der Waals surface area contributed by atoms with Crippen molar-refractivity contribution in [2.24, 2.45) is 0 Å². The van der Waals surface area contributed by atoms with E-state index in [2.05, 4.69) is 0 Å². The van der Waals surface area contributed by atoms with Gasteiger partial charge in [-0.05, 0) is 26.0 Å². The van der Waals surface area contributed by atoms with Crippen LogP contribution in [0.3, 0.4) is 0 Å². The van der Waals surface area contributed by atoms with E-state index in [-0.39, 0.29) is 28.9 Å². The molecule has 2 aromatic heterocycles. The lowest BCUT2D eigenvalue weighted by atomic mass is 9.91. The zero-order valence-electron chi connectivity index (χ0n) is 13.6. The summed E-state index contributed by atoms with van der Waals surface area (Å²) in [5.74, 6) is -0.894. The van der Waals surface area contributed by atoms with Gasteiger partial charge in [0.25, 0.3) is 0 Å². The van der Waals surface area contributed by atoms with Crippen molar-refractivity contribution in [3.05, 3.63) is 73.6 Å². The van der Waals surface area contributed by atoms with E-state index < -0.39 is 17.3 Å². The van der Waals surface area contributed by atoms with Crippen molar-refractivity contribution in [3.63, 3.8) is 0 Å². The van der Waals surface area contributed by atoms with Crippen LogP contribution in [0.2, 0.25) is 0 Å². The van der Waals surface area contributed by atoms with Gasteiger partial charge in [0.15, 0.2) is 11.2 Å². The third-order valence-electron chi connectivity index (χ3n) is 4.29. The highest BCUT2D eigenvalue weighted by molar-refractivity contribution is 5.80. The van der Waals surface area contributed by atoms with Crippen molar-refractivity contribution in [1.29, 1.82) is 0 Å². The summed E-state index contributed by atoms with van der Waals surface area (Å²) in [7, 11) is 0. The van der Waals surface area contributed by atoms with Crippen LogP contribution in [0.15, 0.2) is 49.0 Å². The number of fused-ring (bicyclic) bond motifs is 2. The molecule has 0 N–H and O–H groups in total. The van der Waals surface area contributed by atoms with E-state index in [1.165, 1.54) is 12.3 Å². The van der Waals surface area contributed by atoms with Gasteiger partial charge >= 0.3 is 5.97 Å². The first-order valence-corrected chi connectivity index (χ1v) is 7.81. The van der Waals surface area contributed by atoms with Crippen LogP contribution in [-0.2, 0) is 4.79 Å². The van der Waals surface area contributed by atoms with Crippen LogP contribution in [0.1, 0.15) is 35.0 Å². The average Bonchev–Trinajstić information content (AvgIpc) is 2.56. The molecule has 1 aromatic carbocycles. The Labute approximate surface area is 141 Å². The molecule has 126 valence electrons. The summed E-state index contributed by atoms with van der Waals surface area (Å²) < 4.78 is 16.2. The number of rotatable bonds is 1. The van der Waals surface area contributed by atoms with Gasteiger partial charge in [-0.3, -0.25) is 14.4 Å². The van der Waals surface area contributed by atoms with Crippen LogP contribution >= 0.6 is 0 Å². The van der Waals surface area contributed by atoms with Gasteiger partial charge in [-0.2, -0.15) is 0 Å². The Hall–Kier alpha value is -3.15. The van der Waals surface area contributed by atoms with Crippen LogP contribution < -0.4 is 15.6 Å². The van der Waals surface area contributed by atoms with Crippen LogP contribution in [-0.4, -0.2) is 5.97 Å². The van der Waals surface area contributed by atoms with Crippen LogP contribution in [0.5, 0.6) is 5.75 Å². The molecule has 0 bridgehead atoms. The first kappa shape index (κ1) is 15.4. The molecule has 25 heavy (non-hydrogen) atoms. The smallest absolute Gasteiger partial charge is 0.312 e. The normalized spacial score (nSPS) is 16.6. The van der Waals surface area contributed by atoms with Gasteiger partial charge in [0.1, 0.15) is 11.3 Å². The molecule has 0 spiro atoms. The molecule has 1 aliphatic rings. The lowest BCUT2D eigenvalue weighted by Gasteiger charge is -2.22. The van der Waals surface area contributed by atoms with Crippen molar-refractivity contribution >= 4 is 16.9 Å². The van der Waals surface area contributed by atoms with Gasteiger partial charge < -0.3 is 13.6 Å². The second-order valence-corrected chi connectivity index (χ2v) is 6.17. The lowest BCUT2D eigenvalue weighted by Crippen LogP contribution is -2.28. The molecule has 0 saturated carbocycles. The summed E-state index contributed by atoms with van der Waals surface area (Å²) in [6.07, 6.45) is 1.23. The Bertz CT molecular complexity index is 1130. The minimum absolute atomic E-state index is 0.0958. The predicted octanol–water partition coefficient (Wildman–Crippen LogP) is 2.80. The quantitative estimate of drug-likeness (QED) is 0.634. The molecule has 4 rings (SSSR count). The van der Waals surface area contributed by atoms with Crippen molar-refractivity contribution in [1.82, 2.24) is 0 Å². The third kappa shape index (κ3) is 2.46. The molecule has 0 aliphatic carbocycles. The SMILES string of the molecule is Cc1ccc2occ(C3CC(=O)Oc4c3oc(C)cc4=O)c(=O)c2c1. The Kier molecular flexibility index (Phi) is 3.35. The number of aryl methyl sites for hydroxylation is 2. The number of benzene rings is 1. The zero-order valence-corrected chi connectivity index (χ0v) is 13.6. The number of ether oxygens (including phenoxy) is 1. The standard InChI is InChI=1S/C19H14O6/c1-9-3-4-15-12(5-9)17(22)13(8-23-15)11-7-16(21)25-19-14(20)6-10(2)24-18(11)19/h3-6,8,11H,7H2,1-2H3. The monoisotopic (exact) mass is 338 g/mol. The van der Waals surface area contributed by atoms with E-state index >= 15 is 0 Å². The van der Waals surface area contributed by atoms with Crippen LogP contribution in [0.25, 0.3) is 11.0 Å². The van der Waals surface area contributed by atoms with Gasteiger partial charge in [0, 0.05) is 11.6 Å². The molecule has 6 heteroatoms. The van der Waals surface area contributed by atoms with Crippen molar-refractivity contribution in [2.45, 2.75) is 26.2 Å². The summed E-state index contributed by atoms with van der Waals surface area (Å²) in [5, 5.41) is 0.424.